The lowest BCUT2D eigenvalue weighted by molar-refractivity contribution is -0.133. The normalized spacial score (nSPS) is 25.5. The molecule has 2 aromatic heterocycles. The van der Waals surface area contributed by atoms with E-state index in [1.54, 1.807) is 59.0 Å². The Kier molecular flexibility index (Phi) is 7.01. The Bertz CT molecular complexity index is 1550. The van der Waals surface area contributed by atoms with Crippen LogP contribution in [0.25, 0.3) is 0 Å². The fourth-order valence-electron chi connectivity index (χ4n) is 6.20. The number of carbonyl (C=O) groups is 3. The Hall–Kier alpha value is -4.55. The molecule has 0 spiro atoms. The van der Waals surface area contributed by atoms with Gasteiger partial charge in [-0.2, -0.15) is 5.26 Å². The number of piperidine rings is 1. The van der Waals surface area contributed by atoms with E-state index in [1.165, 1.54) is 6.08 Å². The van der Waals surface area contributed by atoms with E-state index in [0.29, 0.717) is 49.3 Å². The lowest BCUT2D eigenvalue weighted by Crippen LogP contribution is -2.49. The van der Waals surface area contributed by atoms with Crippen LogP contribution in [0.2, 0.25) is 0 Å². The average Bonchev–Trinajstić information content (AvgIpc) is 3.37. The summed E-state index contributed by atoms with van der Waals surface area (Å²) in [4.78, 5) is 49.4. The van der Waals surface area contributed by atoms with E-state index < -0.39 is 5.54 Å². The Labute approximate surface area is 242 Å². The molecule has 9 heteroatoms. The van der Waals surface area contributed by atoms with Gasteiger partial charge in [-0.15, -0.1) is 17.9 Å². The number of aromatic nitrogens is 1. The molecule has 0 radical (unpaired) electrons. The maximum atomic E-state index is 14.3. The fourth-order valence-corrected chi connectivity index (χ4v) is 6.89. The summed E-state index contributed by atoms with van der Waals surface area (Å²) in [5.41, 5.74) is 0.855. The summed E-state index contributed by atoms with van der Waals surface area (Å²) in [6.45, 7) is 5.11. The third-order valence-electron chi connectivity index (χ3n) is 8.27. The fraction of sp³-hybridized carbons (Fsp3) is 0.281. The molecule has 4 atom stereocenters. The van der Waals surface area contributed by atoms with Gasteiger partial charge in [-0.25, -0.2) is 0 Å². The number of nitriles is 1. The summed E-state index contributed by atoms with van der Waals surface area (Å²) in [5.74, 6) is 0.533. The Morgan fingerprint density at radius 2 is 1.88 bits per heavy atom. The van der Waals surface area contributed by atoms with Crippen molar-refractivity contribution < 1.29 is 14.4 Å². The first-order chi connectivity index (χ1) is 19.9. The van der Waals surface area contributed by atoms with Gasteiger partial charge in [0.25, 0.3) is 5.91 Å². The first kappa shape index (κ1) is 26.7. The lowest BCUT2D eigenvalue weighted by Gasteiger charge is -2.27. The predicted molar refractivity (Wildman–Crippen MR) is 154 cm³/mol. The number of rotatable bonds is 9. The van der Waals surface area contributed by atoms with Crippen LogP contribution in [0.15, 0.2) is 90.9 Å². The van der Waals surface area contributed by atoms with Gasteiger partial charge in [0.05, 0.1) is 18.1 Å². The number of pyridine rings is 1. The first-order valence-electron chi connectivity index (χ1n) is 13.6. The molecule has 3 aromatic rings. The molecule has 2 saturated heterocycles. The van der Waals surface area contributed by atoms with Crippen molar-refractivity contribution in [3.05, 3.63) is 112 Å². The second kappa shape index (κ2) is 10.8. The Morgan fingerprint density at radius 1 is 1.15 bits per heavy atom. The SMILES string of the molecule is C=CCC1(Cc2ccncc2)N/C(=C\C(=O)c2ccc(C#N)cc2)N(C2[C@H]3CN(C(=O)Cc4cccs4)C[C@@H]23)C1=O. The topological polar surface area (TPSA) is 106 Å². The molecule has 41 heavy (non-hydrogen) atoms. The Morgan fingerprint density at radius 3 is 2.51 bits per heavy atom. The summed E-state index contributed by atoms with van der Waals surface area (Å²) >= 11 is 1.58. The maximum absolute atomic E-state index is 14.3. The number of thiophene rings is 1. The van der Waals surface area contributed by atoms with Crippen LogP contribution in [0.4, 0.5) is 0 Å². The number of nitrogens with one attached hydrogen (secondary N) is 1. The largest absolute Gasteiger partial charge is 0.357 e. The lowest BCUT2D eigenvalue weighted by atomic mass is 9.87. The van der Waals surface area contributed by atoms with E-state index in [-0.39, 0.29) is 35.5 Å². The van der Waals surface area contributed by atoms with E-state index in [9.17, 15) is 14.4 Å². The number of nitrogens with zero attached hydrogens (tertiary/aromatic N) is 4. The number of benzene rings is 1. The molecule has 1 saturated carbocycles. The van der Waals surface area contributed by atoms with Gasteiger partial charge in [0.2, 0.25) is 5.91 Å². The van der Waals surface area contributed by atoms with E-state index in [0.717, 1.165) is 10.4 Å². The van der Waals surface area contributed by atoms with Crippen LogP contribution in [0.3, 0.4) is 0 Å². The number of likely N-dealkylation sites (tertiary alicyclic amines) is 1. The van der Waals surface area contributed by atoms with E-state index in [1.807, 2.05) is 34.5 Å². The molecule has 2 amide bonds. The molecule has 3 fully saturated rings. The highest BCUT2D eigenvalue weighted by Gasteiger charge is 2.64. The van der Waals surface area contributed by atoms with Crippen LogP contribution < -0.4 is 5.32 Å². The minimum atomic E-state index is -0.995. The molecule has 4 heterocycles. The number of carbonyl (C=O) groups excluding carboxylic acids is 3. The molecule has 206 valence electrons. The molecular formula is C32H29N5O3S. The highest BCUT2D eigenvalue weighted by atomic mass is 32.1. The second-order valence-corrected chi connectivity index (χ2v) is 11.9. The van der Waals surface area contributed by atoms with Gasteiger partial charge in [-0.1, -0.05) is 12.1 Å². The van der Waals surface area contributed by atoms with E-state index >= 15 is 0 Å². The average molecular weight is 564 g/mol. The van der Waals surface area contributed by atoms with Crippen molar-refractivity contribution >= 4 is 28.9 Å². The third kappa shape index (κ3) is 5.07. The number of hydrogen-bond acceptors (Lipinski definition) is 7. The van der Waals surface area contributed by atoms with Crippen molar-refractivity contribution in [2.45, 2.75) is 30.8 Å². The zero-order valence-electron chi connectivity index (χ0n) is 22.4. The summed E-state index contributed by atoms with van der Waals surface area (Å²) in [6.07, 6.45) is 7.80. The number of hydrogen-bond donors (Lipinski definition) is 1. The molecule has 0 bridgehead atoms. The standard InChI is InChI=1S/C32H29N5O3S/c1-2-11-32(17-21-9-12-34-13-10-21)31(40)37(28(35-32)16-27(38)23-7-5-22(18-33)6-8-23)30-25-19-36(20-26(25)30)29(39)15-24-4-3-14-41-24/h2-10,12-14,16,25-26,30,35H,1,11,15,17,19-20H2/b28-16+/t25-,26+,30?,32?. The van der Waals surface area contributed by atoms with Crippen LogP contribution in [0, 0.1) is 23.2 Å². The van der Waals surface area contributed by atoms with Crippen LogP contribution in [-0.2, 0) is 22.4 Å². The molecule has 1 aromatic carbocycles. The van der Waals surface area contributed by atoms with E-state index in [4.69, 9.17) is 5.26 Å². The van der Waals surface area contributed by atoms with Crippen molar-refractivity contribution in [1.29, 1.82) is 5.26 Å². The van der Waals surface area contributed by atoms with Crippen LogP contribution in [0.5, 0.6) is 0 Å². The van der Waals surface area contributed by atoms with Gasteiger partial charge >= 0.3 is 0 Å². The smallest absolute Gasteiger partial charge is 0.254 e. The molecule has 2 unspecified atom stereocenters. The molecule has 1 aliphatic carbocycles. The van der Waals surface area contributed by atoms with Crippen molar-refractivity contribution in [1.82, 2.24) is 20.1 Å². The zero-order chi connectivity index (χ0) is 28.6. The summed E-state index contributed by atoms with van der Waals surface area (Å²) in [7, 11) is 0. The highest BCUT2D eigenvalue weighted by molar-refractivity contribution is 7.10. The minimum absolute atomic E-state index is 0.0927. The maximum Gasteiger partial charge on any atom is 0.254 e. The summed E-state index contributed by atoms with van der Waals surface area (Å²) < 4.78 is 0. The quantitative estimate of drug-likeness (QED) is 0.242. The van der Waals surface area contributed by atoms with Crippen molar-refractivity contribution in [2.24, 2.45) is 11.8 Å². The van der Waals surface area contributed by atoms with Crippen molar-refractivity contribution in [3.8, 4) is 6.07 Å². The van der Waals surface area contributed by atoms with Crippen molar-refractivity contribution in [3.63, 3.8) is 0 Å². The number of amides is 2. The predicted octanol–water partition coefficient (Wildman–Crippen LogP) is 3.73. The van der Waals surface area contributed by atoms with Crippen molar-refractivity contribution in [2.75, 3.05) is 13.1 Å². The Balaban J connectivity index is 1.27. The molecule has 2 aliphatic heterocycles. The molecule has 3 aliphatic rings. The molecule has 8 nitrogen and oxygen atoms in total. The van der Waals surface area contributed by atoms with Gasteiger partial charge in [0.1, 0.15) is 11.4 Å². The molecule has 1 N–H and O–H groups in total. The monoisotopic (exact) mass is 563 g/mol. The number of allylic oxidation sites excluding steroid dienone is 1. The second-order valence-electron chi connectivity index (χ2n) is 10.9. The van der Waals surface area contributed by atoms with Gasteiger partial charge < -0.3 is 10.2 Å². The first-order valence-corrected chi connectivity index (χ1v) is 14.5. The van der Waals surface area contributed by atoms with Gasteiger partial charge in [0, 0.05) is 66.3 Å². The van der Waals surface area contributed by atoms with E-state index in [2.05, 4.69) is 22.9 Å². The van der Waals surface area contributed by atoms with Gasteiger partial charge in [-0.05, 0) is 59.8 Å². The minimum Gasteiger partial charge on any atom is -0.357 e. The van der Waals surface area contributed by atoms with Gasteiger partial charge in [0.15, 0.2) is 5.78 Å². The van der Waals surface area contributed by atoms with Crippen LogP contribution in [0.1, 0.15) is 32.8 Å². The zero-order valence-corrected chi connectivity index (χ0v) is 23.2. The number of fused-ring (bicyclic) bond motifs is 1. The summed E-state index contributed by atoms with van der Waals surface area (Å²) in [6, 6.07) is 16.1. The van der Waals surface area contributed by atoms with Gasteiger partial charge in [-0.3, -0.25) is 24.3 Å². The van der Waals surface area contributed by atoms with Crippen LogP contribution in [-0.4, -0.2) is 57.1 Å². The third-order valence-corrected chi connectivity index (χ3v) is 9.15. The molecular weight excluding hydrogens is 534 g/mol. The highest BCUT2D eigenvalue weighted by Crippen LogP contribution is 2.52. The summed E-state index contributed by atoms with van der Waals surface area (Å²) in [5, 5.41) is 14.5. The van der Waals surface area contributed by atoms with Crippen LogP contribution >= 0.6 is 11.3 Å². The molecule has 6 rings (SSSR count). The number of ketones is 1.